The summed E-state index contributed by atoms with van der Waals surface area (Å²) in [5, 5.41) is 50.7. The minimum atomic E-state index is -1.87. The van der Waals surface area contributed by atoms with Crippen molar-refractivity contribution in [2.75, 3.05) is 12.4 Å². The summed E-state index contributed by atoms with van der Waals surface area (Å²) < 4.78 is 6.11. The van der Waals surface area contributed by atoms with Crippen molar-refractivity contribution in [3.05, 3.63) is 39.8 Å². The molecule has 1 aromatic carbocycles. The molecule has 3 amide bonds. The fraction of sp³-hybridized carbons (Fsp3) is 0.421. The molecule has 1 aliphatic rings. The molecule has 6 atom stereocenters. The molecular weight excluding hydrogens is 490 g/mol. The quantitative estimate of drug-likeness (QED) is 0.231. The standard InChI is InChI=1S/C19H23N5O8S2/c1-20-14(28)9(7-8-5-3-2-4-6-8)21-17(31)22-18-23-24(19(33)34-18)15-12(27)10(25)11(26)13(32-15)16(29)30/h2-6,9-13,15,25-27H,7H2,1H3,(H,20,28)(H,29,30)(H2,21,22,23,31)/t9-,10-,11-,12+,13-,15+/m0/s1. The zero-order chi connectivity index (χ0) is 25.0. The highest BCUT2D eigenvalue weighted by molar-refractivity contribution is 7.73. The number of hydrogen-bond acceptors (Lipinski definition) is 10. The molecule has 1 aliphatic heterocycles. The molecule has 0 saturated carbocycles. The molecule has 13 nitrogen and oxygen atoms in total. The Morgan fingerprint density at radius 3 is 2.47 bits per heavy atom. The minimum Gasteiger partial charge on any atom is -0.479 e. The van der Waals surface area contributed by atoms with Crippen molar-refractivity contribution in [2.24, 2.45) is 0 Å². The van der Waals surface area contributed by atoms with Gasteiger partial charge >= 0.3 is 12.0 Å². The summed E-state index contributed by atoms with van der Waals surface area (Å²) in [6.45, 7) is 0. The summed E-state index contributed by atoms with van der Waals surface area (Å²) in [6, 6.07) is 7.42. The summed E-state index contributed by atoms with van der Waals surface area (Å²) in [7, 11) is 1.44. The topological polar surface area (TPSA) is 195 Å². The van der Waals surface area contributed by atoms with Crippen molar-refractivity contribution in [1.82, 2.24) is 20.4 Å². The van der Waals surface area contributed by atoms with E-state index in [-0.39, 0.29) is 15.5 Å². The van der Waals surface area contributed by atoms with Gasteiger partial charge in [0.15, 0.2) is 16.3 Å². The van der Waals surface area contributed by atoms with Crippen molar-refractivity contribution in [3.63, 3.8) is 0 Å². The molecule has 15 heteroatoms. The van der Waals surface area contributed by atoms with Gasteiger partial charge in [0.05, 0.1) is 0 Å². The van der Waals surface area contributed by atoms with E-state index in [1.54, 1.807) is 0 Å². The van der Waals surface area contributed by atoms with E-state index < -0.39 is 54.6 Å². The van der Waals surface area contributed by atoms with Crippen LogP contribution in [0.15, 0.2) is 30.3 Å². The normalized spacial score (nSPS) is 25.2. The van der Waals surface area contributed by atoms with Crippen molar-refractivity contribution >= 4 is 46.6 Å². The first-order valence-corrected chi connectivity index (χ1v) is 11.2. The van der Waals surface area contributed by atoms with E-state index in [9.17, 15) is 34.8 Å². The Bertz CT molecular complexity index is 1090. The lowest BCUT2D eigenvalue weighted by Gasteiger charge is -2.38. The van der Waals surface area contributed by atoms with Gasteiger partial charge in [-0.3, -0.25) is 10.1 Å². The van der Waals surface area contributed by atoms with Crippen LogP contribution in [0.25, 0.3) is 0 Å². The number of ether oxygens (including phenoxy) is 1. The lowest BCUT2D eigenvalue weighted by molar-refractivity contribution is -0.249. The molecule has 0 bridgehead atoms. The number of amides is 3. The smallest absolute Gasteiger partial charge is 0.335 e. The maximum absolute atomic E-state index is 12.5. The van der Waals surface area contributed by atoms with Gasteiger partial charge in [0.25, 0.3) is 0 Å². The van der Waals surface area contributed by atoms with Gasteiger partial charge in [-0.25, -0.2) is 14.3 Å². The number of nitrogens with zero attached hydrogens (tertiary/aromatic N) is 2. The number of likely N-dealkylation sites (N-methyl/N-ethyl adjacent to an activating group) is 1. The number of benzene rings is 1. The van der Waals surface area contributed by atoms with E-state index in [1.165, 1.54) is 7.05 Å². The van der Waals surface area contributed by atoms with Gasteiger partial charge < -0.3 is 35.8 Å². The largest absolute Gasteiger partial charge is 0.479 e. The second-order valence-corrected chi connectivity index (χ2v) is 8.95. The van der Waals surface area contributed by atoms with Crippen LogP contribution in [0.2, 0.25) is 0 Å². The Morgan fingerprint density at radius 1 is 1.18 bits per heavy atom. The van der Waals surface area contributed by atoms with E-state index >= 15 is 0 Å². The van der Waals surface area contributed by atoms with E-state index in [2.05, 4.69) is 21.0 Å². The van der Waals surface area contributed by atoms with Crippen LogP contribution in [0.5, 0.6) is 0 Å². The van der Waals surface area contributed by atoms with Crippen LogP contribution >= 0.6 is 23.6 Å². The van der Waals surface area contributed by atoms with Crippen LogP contribution in [0.4, 0.5) is 9.93 Å². The molecule has 3 rings (SSSR count). The highest BCUT2D eigenvalue weighted by Crippen LogP contribution is 2.30. The molecule has 2 aromatic rings. The average molecular weight is 514 g/mol. The molecule has 34 heavy (non-hydrogen) atoms. The van der Waals surface area contributed by atoms with E-state index in [1.807, 2.05) is 30.3 Å². The van der Waals surface area contributed by atoms with Crippen LogP contribution in [-0.4, -0.2) is 85.6 Å². The SMILES string of the molecule is CNC(=O)[C@H](Cc1ccccc1)NC(=O)Nc1nn([C@@H]2O[C@H](C(=O)O)[C@@H](O)[C@H](O)[C@H]2O)c(=S)s1. The van der Waals surface area contributed by atoms with Gasteiger partial charge in [-0.1, -0.05) is 41.7 Å². The number of carboxylic acids is 1. The fourth-order valence-electron chi connectivity index (χ4n) is 3.29. The number of nitrogens with one attached hydrogen (secondary N) is 3. The third-order valence-corrected chi connectivity index (χ3v) is 6.19. The van der Waals surface area contributed by atoms with Gasteiger partial charge in [0.2, 0.25) is 11.0 Å². The third kappa shape index (κ3) is 5.75. The second-order valence-electron chi connectivity index (χ2n) is 7.33. The molecule has 0 spiro atoms. The Balaban J connectivity index is 1.73. The van der Waals surface area contributed by atoms with Crippen molar-refractivity contribution in [3.8, 4) is 0 Å². The summed E-state index contributed by atoms with van der Waals surface area (Å²) >= 11 is 5.97. The predicted octanol–water partition coefficient (Wildman–Crippen LogP) is -0.782. The number of anilines is 1. The van der Waals surface area contributed by atoms with E-state index in [0.29, 0.717) is 0 Å². The zero-order valence-electron chi connectivity index (χ0n) is 17.7. The number of aliphatic carboxylic acids is 1. The molecule has 0 radical (unpaired) electrons. The van der Waals surface area contributed by atoms with Crippen molar-refractivity contribution < 1.29 is 39.5 Å². The minimum absolute atomic E-state index is 0.0146. The number of carbonyl (C=O) groups is 3. The fourth-order valence-corrected chi connectivity index (χ4v) is 4.35. The highest BCUT2D eigenvalue weighted by atomic mass is 32.1. The number of carboxylic acid groups (broad SMARTS) is 1. The highest BCUT2D eigenvalue weighted by Gasteiger charge is 2.48. The Kier molecular flexibility index (Phi) is 8.29. The van der Waals surface area contributed by atoms with Crippen LogP contribution in [0.1, 0.15) is 11.8 Å². The van der Waals surface area contributed by atoms with Crippen LogP contribution < -0.4 is 16.0 Å². The zero-order valence-corrected chi connectivity index (χ0v) is 19.3. The molecule has 1 saturated heterocycles. The molecule has 7 N–H and O–H groups in total. The molecule has 0 aliphatic carbocycles. The first-order valence-electron chi connectivity index (χ1n) is 9.97. The Labute approximate surface area is 202 Å². The van der Waals surface area contributed by atoms with E-state index in [4.69, 9.17) is 17.0 Å². The third-order valence-electron chi connectivity index (χ3n) is 5.01. The van der Waals surface area contributed by atoms with Crippen LogP contribution in [-0.2, 0) is 20.7 Å². The number of aliphatic hydroxyl groups is 3. The van der Waals surface area contributed by atoms with Gasteiger partial charge in [0, 0.05) is 13.5 Å². The van der Waals surface area contributed by atoms with Crippen LogP contribution in [0.3, 0.4) is 0 Å². The molecular formula is C19H23N5O8S2. The second kappa shape index (κ2) is 11.0. The van der Waals surface area contributed by atoms with Gasteiger partial charge in [-0.15, -0.1) is 5.10 Å². The number of hydrogen-bond donors (Lipinski definition) is 7. The van der Waals surface area contributed by atoms with Crippen molar-refractivity contribution in [1.29, 1.82) is 0 Å². The van der Waals surface area contributed by atoms with Gasteiger partial charge in [0.1, 0.15) is 24.4 Å². The lowest BCUT2D eigenvalue weighted by atomic mass is 9.98. The number of carbonyl (C=O) groups excluding carboxylic acids is 2. The molecule has 1 aromatic heterocycles. The number of aliphatic hydroxyl groups excluding tert-OH is 3. The van der Waals surface area contributed by atoms with Crippen LogP contribution in [0, 0.1) is 3.95 Å². The number of aromatic nitrogens is 2. The van der Waals surface area contributed by atoms with Gasteiger partial charge in [-0.2, -0.15) is 0 Å². The maximum atomic E-state index is 12.5. The van der Waals surface area contributed by atoms with Gasteiger partial charge in [-0.05, 0) is 17.8 Å². The van der Waals surface area contributed by atoms with Crippen molar-refractivity contribution in [2.45, 2.75) is 43.1 Å². The Morgan fingerprint density at radius 2 is 1.85 bits per heavy atom. The maximum Gasteiger partial charge on any atom is 0.335 e. The number of rotatable bonds is 7. The first-order chi connectivity index (χ1) is 16.1. The summed E-state index contributed by atoms with van der Waals surface area (Å²) in [5.41, 5.74) is 0.827. The first kappa shape index (κ1) is 25.7. The average Bonchev–Trinajstić information content (AvgIpc) is 3.16. The monoisotopic (exact) mass is 513 g/mol. The molecule has 2 heterocycles. The molecule has 184 valence electrons. The molecule has 0 unspecified atom stereocenters. The lowest BCUT2D eigenvalue weighted by Crippen LogP contribution is -2.58. The summed E-state index contributed by atoms with van der Waals surface area (Å²) in [5.74, 6) is -1.97. The summed E-state index contributed by atoms with van der Waals surface area (Å²) in [6.07, 6.45) is -8.58. The number of urea groups is 1. The van der Waals surface area contributed by atoms with E-state index in [0.717, 1.165) is 21.6 Å². The summed E-state index contributed by atoms with van der Waals surface area (Å²) in [4.78, 5) is 36.1. The Hall–Kier alpha value is -2.95. The predicted molar refractivity (Wildman–Crippen MR) is 121 cm³/mol. The molecule has 1 fully saturated rings.